The van der Waals surface area contributed by atoms with Crippen LogP contribution in [-0.4, -0.2) is 37.4 Å². The minimum absolute atomic E-state index is 0.180. The predicted molar refractivity (Wildman–Crippen MR) is 70.7 cm³/mol. The van der Waals surface area contributed by atoms with Crippen molar-refractivity contribution < 1.29 is 14.6 Å². The number of aliphatic hydroxyl groups is 1. The highest BCUT2D eigenvalue weighted by Gasteiger charge is 2.09. The molecule has 0 aliphatic rings. The van der Waals surface area contributed by atoms with Gasteiger partial charge in [-0.15, -0.1) is 0 Å². The summed E-state index contributed by atoms with van der Waals surface area (Å²) in [5, 5.41) is 12.1. The molecule has 2 N–H and O–H groups in total. The van der Waals surface area contributed by atoms with Crippen LogP contribution in [-0.2, 0) is 4.74 Å². The van der Waals surface area contributed by atoms with Gasteiger partial charge < -0.3 is 15.2 Å². The second-order valence-electron chi connectivity index (χ2n) is 4.60. The smallest absolute Gasteiger partial charge is 0.251 e. The minimum atomic E-state index is -0.672. The fourth-order valence-electron chi connectivity index (χ4n) is 1.58. The Morgan fingerprint density at radius 1 is 1.33 bits per heavy atom. The van der Waals surface area contributed by atoms with Crippen molar-refractivity contribution in [2.45, 2.75) is 25.9 Å². The summed E-state index contributed by atoms with van der Waals surface area (Å²) in [6.45, 7) is 4.62. The quantitative estimate of drug-likeness (QED) is 0.806. The zero-order valence-electron chi connectivity index (χ0n) is 11.1. The third-order valence-electron chi connectivity index (χ3n) is 2.70. The third kappa shape index (κ3) is 4.47. The Bertz CT molecular complexity index is 373. The van der Waals surface area contributed by atoms with Crippen LogP contribution in [0, 0.1) is 0 Å². The molecule has 0 heterocycles. The highest BCUT2D eigenvalue weighted by Crippen LogP contribution is 2.14. The molecule has 0 saturated heterocycles. The van der Waals surface area contributed by atoms with E-state index in [9.17, 15) is 9.90 Å². The van der Waals surface area contributed by atoms with Crippen LogP contribution in [0.5, 0.6) is 0 Å². The first-order valence-electron chi connectivity index (χ1n) is 6.09. The Kier molecular flexibility index (Phi) is 5.82. The third-order valence-corrected chi connectivity index (χ3v) is 2.70. The first kappa shape index (κ1) is 14.7. The first-order chi connectivity index (χ1) is 8.54. The number of carbonyl (C=O) groups excluding carboxylic acids is 1. The largest absolute Gasteiger partial charge is 0.389 e. The van der Waals surface area contributed by atoms with E-state index in [4.69, 9.17) is 4.74 Å². The molecule has 100 valence electrons. The summed E-state index contributed by atoms with van der Waals surface area (Å²) < 4.78 is 4.78. The number of benzene rings is 1. The molecule has 0 aliphatic carbocycles. The van der Waals surface area contributed by atoms with Gasteiger partial charge in [0.1, 0.15) is 0 Å². The fourth-order valence-corrected chi connectivity index (χ4v) is 1.58. The molecular formula is C14H21NO3. The van der Waals surface area contributed by atoms with E-state index in [-0.39, 0.29) is 19.1 Å². The molecule has 4 heteroatoms. The second kappa shape index (κ2) is 7.13. The molecule has 0 spiro atoms. The lowest BCUT2D eigenvalue weighted by Gasteiger charge is -2.11. The number of ether oxygens (including phenoxy) is 1. The van der Waals surface area contributed by atoms with E-state index in [2.05, 4.69) is 19.2 Å². The summed E-state index contributed by atoms with van der Waals surface area (Å²) in [5.41, 5.74) is 1.80. The Balaban J connectivity index is 2.51. The van der Waals surface area contributed by atoms with Crippen LogP contribution in [0.25, 0.3) is 0 Å². The number of nitrogens with one attached hydrogen (secondary N) is 1. The molecule has 1 unspecified atom stereocenters. The van der Waals surface area contributed by atoms with Gasteiger partial charge in [-0.2, -0.15) is 0 Å². The van der Waals surface area contributed by atoms with Crippen molar-refractivity contribution in [2.75, 3.05) is 20.3 Å². The van der Waals surface area contributed by atoms with Crippen molar-refractivity contribution in [3.8, 4) is 0 Å². The molecule has 1 rings (SSSR count). The number of amides is 1. The highest BCUT2D eigenvalue weighted by molar-refractivity contribution is 5.94. The van der Waals surface area contributed by atoms with Gasteiger partial charge in [0.15, 0.2) is 0 Å². The van der Waals surface area contributed by atoms with Gasteiger partial charge in [0.05, 0.1) is 12.7 Å². The van der Waals surface area contributed by atoms with E-state index in [1.54, 1.807) is 12.1 Å². The lowest BCUT2D eigenvalue weighted by Crippen LogP contribution is -2.34. The van der Waals surface area contributed by atoms with Gasteiger partial charge in [0.25, 0.3) is 5.91 Å². The van der Waals surface area contributed by atoms with Crippen LogP contribution >= 0.6 is 0 Å². The van der Waals surface area contributed by atoms with Crippen LogP contribution in [0.15, 0.2) is 24.3 Å². The van der Waals surface area contributed by atoms with Crippen LogP contribution < -0.4 is 5.32 Å². The van der Waals surface area contributed by atoms with E-state index in [0.717, 1.165) is 0 Å². The van der Waals surface area contributed by atoms with Crippen LogP contribution in [0.2, 0.25) is 0 Å². The van der Waals surface area contributed by atoms with Gasteiger partial charge >= 0.3 is 0 Å². The van der Waals surface area contributed by atoms with Gasteiger partial charge in [0.2, 0.25) is 0 Å². The molecule has 1 amide bonds. The molecule has 1 atom stereocenters. The summed E-state index contributed by atoms with van der Waals surface area (Å²) in [6.07, 6.45) is -0.672. The maximum absolute atomic E-state index is 11.8. The van der Waals surface area contributed by atoms with Crippen molar-refractivity contribution >= 4 is 5.91 Å². The lowest BCUT2D eigenvalue weighted by molar-refractivity contribution is 0.0610. The maximum Gasteiger partial charge on any atom is 0.251 e. The normalized spacial score (nSPS) is 12.5. The Morgan fingerprint density at radius 3 is 2.44 bits per heavy atom. The number of rotatable bonds is 6. The van der Waals surface area contributed by atoms with Crippen molar-refractivity contribution in [1.29, 1.82) is 0 Å². The zero-order valence-corrected chi connectivity index (χ0v) is 11.1. The Hall–Kier alpha value is -1.39. The molecule has 4 nitrogen and oxygen atoms in total. The Labute approximate surface area is 108 Å². The second-order valence-corrected chi connectivity index (χ2v) is 4.60. The molecule has 1 aromatic rings. The molecular weight excluding hydrogens is 230 g/mol. The Morgan fingerprint density at radius 2 is 1.94 bits per heavy atom. The summed E-state index contributed by atoms with van der Waals surface area (Å²) in [5.74, 6) is 0.270. The average Bonchev–Trinajstić information content (AvgIpc) is 2.36. The van der Waals surface area contributed by atoms with E-state index >= 15 is 0 Å². The number of aliphatic hydroxyl groups excluding tert-OH is 1. The summed E-state index contributed by atoms with van der Waals surface area (Å²) in [6, 6.07) is 7.50. The highest BCUT2D eigenvalue weighted by atomic mass is 16.5. The van der Waals surface area contributed by atoms with Crippen molar-refractivity contribution in [3.63, 3.8) is 0 Å². The summed E-state index contributed by atoms with van der Waals surface area (Å²) in [4.78, 5) is 11.8. The maximum atomic E-state index is 11.8. The first-order valence-corrected chi connectivity index (χ1v) is 6.09. The van der Waals surface area contributed by atoms with Crippen molar-refractivity contribution in [1.82, 2.24) is 5.32 Å². The molecule has 0 bridgehead atoms. The van der Waals surface area contributed by atoms with Crippen LogP contribution in [0.3, 0.4) is 0 Å². The summed E-state index contributed by atoms with van der Waals surface area (Å²) in [7, 11) is 1.51. The number of carbonyl (C=O) groups is 1. The van der Waals surface area contributed by atoms with Gasteiger partial charge in [0, 0.05) is 19.2 Å². The van der Waals surface area contributed by atoms with E-state index in [1.807, 2.05) is 12.1 Å². The van der Waals surface area contributed by atoms with Gasteiger partial charge in [-0.1, -0.05) is 26.0 Å². The lowest BCUT2D eigenvalue weighted by atomic mass is 10.0. The zero-order chi connectivity index (χ0) is 13.5. The van der Waals surface area contributed by atoms with E-state index in [0.29, 0.717) is 11.5 Å². The van der Waals surface area contributed by atoms with Gasteiger partial charge in [-0.05, 0) is 23.6 Å². The van der Waals surface area contributed by atoms with Gasteiger partial charge in [-0.3, -0.25) is 4.79 Å². The summed E-state index contributed by atoms with van der Waals surface area (Å²) >= 11 is 0. The average molecular weight is 251 g/mol. The topological polar surface area (TPSA) is 58.6 Å². The van der Waals surface area contributed by atoms with Crippen molar-refractivity contribution in [2.24, 2.45) is 0 Å². The fraction of sp³-hybridized carbons (Fsp3) is 0.500. The number of hydrogen-bond acceptors (Lipinski definition) is 3. The van der Waals surface area contributed by atoms with E-state index in [1.165, 1.54) is 12.7 Å². The monoisotopic (exact) mass is 251 g/mol. The molecule has 0 aromatic heterocycles. The van der Waals surface area contributed by atoms with Crippen molar-refractivity contribution in [3.05, 3.63) is 35.4 Å². The van der Waals surface area contributed by atoms with Gasteiger partial charge in [-0.25, -0.2) is 0 Å². The van der Waals surface area contributed by atoms with Crippen LogP contribution in [0.4, 0.5) is 0 Å². The molecule has 1 aromatic carbocycles. The van der Waals surface area contributed by atoms with Crippen LogP contribution in [0.1, 0.15) is 35.7 Å². The number of methoxy groups -OCH3 is 1. The minimum Gasteiger partial charge on any atom is -0.389 e. The molecule has 0 saturated carbocycles. The molecule has 0 aliphatic heterocycles. The van der Waals surface area contributed by atoms with E-state index < -0.39 is 6.10 Å². The number of hydrogen-bond donors (Lipinski definition) is 2. The molecule has 18 heavy (non-hydrogen) atoms. The predicted octanol–water partition coefficient (Wildman–Crippen LogP) is 1.55. The SMILES string of the molecule is COCC(O)CNC(=O)c1ccc(C(C)C)cc1. The molecule has 0 radical (unpaired) electrons. The molecule has 0 fully saturated rings. The standard InChI is InChI=1S/C14H21NO3/c1-10(2)11-4-6-12(7-5-11)14(17)15-8-13(16)9-18-3/h4-7,10,13,16H,8-9H2,1-3H3,(H,15,17).